The Morgan fingerprint density at radius 2 is 1.21 bits per heavy atom. The Labute approximate surface area is 467 Å². The zero-order valence-electron chi connectivity index (χ0n) is 46.9. The van der Waals surface area contributed by atoms with Gasteiger partial charge in [-0.25, -0.2) is 4.98 Å². The molecule has 1 aliphatic heterocycles. The van der Waals surface area contributed by atoms with E-state index in [0.29, 0.717) is 28.4 Å². The van der Waals surface area contributed by atoms with Crippen molar-refractivity contribution in [3.05, 3.63) is 248 Å². The molecule has 0 unspecified atom stereocenters. The predicted octanol–water partition coefficient (Wildman–Crippen LogP) is 17.4. The third kappa shape index (κ3) is 7.57. The van der Waals surface area contributed by atoms with Crippen molar-refractivity contribution in [1.82, 2.24) is 14.1 Å². The van der Waals surface area contributed by atoms with E-state index in [2.05, 4.69) is 141 Å². The number of aromatic nitrogens is 4. The molecule has 0 aliphatic carbocycles. The molecular weight excluding hydrogens is 1120 g/mol. The Morgan fingerprint density at radius 3 is 2.08 bits per heavy atom. The minimum absolute atomic E-state index is 0. The number of benzene rings is 10. The fraction of sp³-hybridized carbons (Fsp3) is 0.0571. The van der Waals surface area contributed by atoms with Crippen molar-refractivity contribution >= 4 is 54.8 Å². The van der Waals surface area contributed by atoms with Crippen LogP contribution in [0.5, 0.6) is 11.5 Å². The van der Waals surface area contributed by atoms with E-state index in [-0.39, 0.29) is 44.1 Å². The monoisotopic (exact) mass is 1170 g/mol. The van der Waals surface area contributed by atoms with Crippen molar-refractivity contribution in [2.24, 2.45) is 0 Å². The van der Waals surface area contributed by atoms with Gasteiger partial charge in [0.25, 0.3) is 6.33 Å². The van der Waals surface area contributed by atoms with E-state index in [0.717, 1.165) is 105 Å². The Morgan fingerprint density at radius 1 is 0.532 bits per heavy atom. The van der Waals surface area contributed by atoms with Crippen molar-refractivity contribution in [3.63, 3.8) is 0 Å². The Bertz CT molecular complexity index is 4970. The maximum Gasteiger partial charge on any atom is 0.268 e. The van der Waals surface area contributed by atoms with Gasteiger partial charge in [0.05, 0.1) is 23.6 Å². The molecule has 370 valence electrons. The molecule has 14 aromatic rings. The summed E-state index contributed by atoms with van der Waals surface area (Å²) in [5, 5.41) is 4.14. The van der Waals surface area contributed by atoms with Gasteiger partial charge >= 0.3 is 0 Å². The van der Waals surface area contributed by atoms with E-state index in [4.69, 9.17) is 18.3 Å². The van der Waals surface area contributed by atoms with Gasteiger partial charge in [-0.1, -0.05) is 172 Å². The molecule has 0 N–H and O–H groups in total. The summed E-state index contributed by atoms with van der Waals surface area (Å²) in [5.41, 5.74) is 15.3. The Balaban J connectivity index is 0.00000602. The average Bonchev–Trinajstić information content (AvgIpc) is 2.11. The first-order chi connectivity index (χ1) is 39.4. The topological polar surface area (TPSA) is 49.0 Å². The molecule has 0 amide bonds. The van der Waals surface area contributed by atoms with Crippen molar-refractivity contribution in [1.29, 1.82) is 0 Å². The molecular formula is C70H46N4O2Pt-2. The van der Waals surface area contributed by atoms with Crippen LogP contribution in [-0.4, -0.2) is 14.1 Å². The number of ether oxygens (including phenoxy) is 1. The van der Waals surface area contributed by atoms with E-state index in [9.17, 15) is 2.74 Å². The molecule has 0 fully saturated rings. The minimum atomic E-state index is -0.462. The van der Waals surface area contributed by atoms with Crippen molar-refractivity contribution in [2.75, 3.05) is 0 Å². The third-order valence-corrected chi connectivity index (χ3v) is 14.8. The van der Waals surface area contributed by atoms with Gasteiger partial charge in [0.2, 0.25) is 0 Å². The summed E-state index contributed by atoms with van der Waals surface area (Å²) in [6, 6.07) is 68.8. The SMILES string of the molecule is [2H]c1c([2H])c([2H])c(-c2cccc3c2-[n+]2[c-]n(-c4[c-]c(Oc5[c-]c6c(cc5)c5ccccc5n6-c5cc(C(C)(C)C)ccn5)ccc4)c4cccc(c42)-c2ccccc2-c2ccc(-c4ccc5oc6ccccc6c5c4)cc2-3)c([2H])c1[2H].[Pt]. The van der Waals surface area contributed by atoms with E-state index in [1.165, 1.54) is 5.56 Å². The number of nitrogens with zero attached hydrogens (tertiary/aromatic N) is 4. The molecule has 0 spiro atoms. The second-order valence-corrected chi connectivity index (χ2v) is 20.4. The van der Waals surface area contributed by atoms with Crippen LogP contribution in [0.4, 0.5) is 0 Å². The Kier molecular flexibility index (Phi) is 9.65. The zero-order valence-corrected chi connectivity index (χ0v) is 44.2. The van der Waals surface area contributed by atoms with Gasteiger partial charge in [0, 0.05) is 55.1 Å². The van der Waals surface area contributed by atoms with Crippen LogP contribution in [0, 0.1) is 18.5 Å². The number of rotatable bonds is 6. The normalized spacial score (nSPS) is 12.9. The number of hydrogen-bond acceptors (Lipinski definition) is 3. The quantitative estimate of drug-likeness (QED) is 0.123. The van der Waals surface area contributed by atoms with Crippen molar-refractivity contribution < 1.29 is 41.6 Å². The van der Waals surface area contributed by atoms with Crippen LogP contribution in [0.3, 0.4) is 0 Å². The molecule has 0 bridgehead atoms. The molecule has 0 radical (unpaired) electrons. The molecule has 0 saturated heterocycles. The predicted molar refractivity (Wildman–Crippen MR) is 307 cm³/mol. The summed E-state index contributed by atoms with van der Waals surface area (Å²) in [5.74, 6) is 1.74. The number of imidazole rings is 1. The van der Waals surface area contributed by atoms with Crippen molar-refractivity contribution in [2.45, 2.75) is 26.2 Å². The first-order valence-electron chi connectivity index (χ1n) is 27.9. The molecule has 1 aliphatic rings. The third-order valence-electron chi connectivity index (χ3n) is 14.8. The Hall–Kier alpha value is -9.09. The number of pyridine rings is 1. The maximum atomic E-state index is 9.41. The van der Waals surface area contributed by atoms with Crippen molar-refractivity contribution in [3.8, 4) is 84.3 Å². The molecule has 0 saturated carbocycles. The largest absolute Gasteiger partial charge is 0.510 e. The van der Waals surface area contributed by atoms with Crippen LogP contribution in [0.1, 0.15) is 33.2 Å². The zero-order chi connectivity index (χ0) is 55.0. The molecule has 15 rings (SSSR count). The molecule has 10 aromatic carbocycles. The molecule has 4 aromatic heterocycles. The van der Waals surface area contributed by atoms with Crippen LogP contribution >= 0.6 is 0 Å². The van der Waals surface area contributed by atoms with Gasteiger partial charge in [0.1, 0.15) is 17.0 Å². The van der Waals surface area contributed by atoms with Crippen LogP contribution in [-0.2, 0) is 26.5 Å². The van der Waals surface area contributed by atoms with E-state index in [1.54, 1.807) is 0 Å². The summed E-state index contributed by atoms with van der Waals surface area (Å²) < 4.78 is 64.3. The summed E-state index contributed by atoms with van der Waals surface area (Å²) in [4.78, 5) is 4.87. The van der Waals surface area contributed by atoms with Gasteiger partial charge in [-0.15, -0.1) is 29.7 Å². The first kappa shape index (κ1) is 41.2. The molecule has 77 heavy (non-hydrogen) atoms. The smallest absolute Gasteiger partial charge is 0.268 e. The van der Waals surface area contributed by atoms with E-state index >= 15 is 0 Å². The first-order valence-corrected chi connectivity index (χ1v) is 25.4. The molecule has 6 nitrogen and oxygen atoms in total. The summed E-state index contributed by atoms with van der Waals surface area (Å²) >= 11 is 0. The van der Waals surface area contributed by atoms with Crippen LogP contribution in [0.25, 0.3) is 128 Å². The van der Waals surface area contributed by atoms with E-state index in [1.807, 2.05) is 106 Å². The van der Waals surface area contributed by atoms with Gasteiger partial charge in [-0.2, -0.15) is 18.2 Å². The fourth-order valence-corrected chi connectivity index (χ4v) is 11.3. The maximum absolute atomic E-state index is 9.41. The average molecular weight is 1180 g/mol. The van der Waals surface area contributed by atoms with Crippen LogP contribution in [0.15, 0.2) is 229 Å². The van der Waals surface area contributed by atoms with Crippen LogP contribution < -0.4 is 9.30 Å². The summed E-state index contributed by atoms with van der Waals surface area (Å²) in [7, 11) is 0. The second kappa shape index (κ2) is 18.0. The van der Waals surface area contributed by atoms with Crippen LogP contribution in [0.2, 0.25) is 0 Å². The second-order valence-electron chi connectivity index (χ2n) is 20.4. The number of hydrogen-bond donors (Lipinski definition) is 0. The summed E-state index contributed by atoms with van der Waals surface area (Å²) in [6.45, 7) is 6.60. The molecule has 7 heteroatoms. The van der Waals surface area contributed by atoms with E-state index < -0.39 is 18.1 Å². The number of furan rings is 1. The minimum Gasteiger partial charge on any atom is -0.510 e. The van der Waals surface area contributed by atoms with Gasteiger partial charge in [-0.3, -0.25) is 4.57 Å². The van der Waals surface area contributed by atoms with Gasteiger partial charge < -0.3 is 18.3 Å². The summed E-state index contributed by atoms with van der Waals surface area (Å²) in [6.07, 6.45) is 5.63. The fourth-order valence-electron chi connectivity index (χ4n) is 11.3. The number of fused-ring (bicyclic) bond motifs is 13. The van der Waals surface area contributed by atoms with Gasteiger partial charge in [0.15, 0.2) is 0 Å². The number of para-hydroxylation sites is 4. The molecule has 0 atom stereocenters. The molecule has 5 heterocycles. The standard InChI is InChI=1S/C70H46N4O2.Pt/c1-70(2,3)47-36-37-71-67(40-47)74-62-27-11-9-22-55(62)56-34-32-50(42-64(56)74)75-49-19-13-18-48(41-49)72-43-73-68-51(44-16-5-4-6-17-44)24-14-25-59(68)60-38-45(46-31-35-66-61(39-46)57-23-10-12-29-65(57)76-66)30-33-54(60)52-20-7-8-21-53(52)58-26-15-28-63(72)69(58)73;/h4-40H,1-3H3;/q-2;/i4D,5D,6D,16D,17D;. The van der Waals surface area contributed by atoms with Gasteiger partial charge in [-0.05, 0) is 120 Å².